The topological polar surface area (TPSA) is 66.2 Å². The molecule has 4 aliphatic carbocycles. The molecule has 34 heavy (non-hydrogen) atoms. The Morgan fingerprint density at radius 3 is 2.44 bits per heavy atom. The molecule has 0 spiro atoms. The fourth-order valence-electron chi connectivity index (χ4n) is 6.42. The third-order valence-electron chi connectivity index (χ3n) is 8.79. The van der Waals surface area contributed by atoms with Crippen molar-refractivity contribution in [3.8, 4) is 23.1 Å². The molecule has 0 unspecified atom stereocenters. The predicted octanol–water partition coefficient (Wildman–Crippen LogP) is 6.53. The minimum absolute atomic E-state index is 0.111. The van der Waals surface area contributed by atoms with Crippen molar-refractivity contribution in [2.45, 2.75) is 70.6 Å². The molecule has 4 fully saturated rings. The van der Waals surface area contributed by atoms with E-state index in [1.807, 2.05) is 12.1 Å². The SMILES string of the molecule is COc1cc(-c2cccc(N(CC34CCC(C#N)(CC3)CC4)C(=O)C3CCCCC3)c2)ccn1. The van der Waals surface area contributed by atoms with E-state index in [1.54, 1.807) is 13.3 Å². The fraction of sp³-hybridized carbons (Fsp3) is 0.552. The summed E-state index contributed by atoms with van der Waals surface area (Å²) < 4.78 is 5.32. The van der Waals surface area contributed by atoms with Crippen LogP contribution >= 0.6 is 0 Å². The number of pyridine rings is 1. The number of amides is 1. The van der Waals surface area contributed by atoms with Crippen molar-refractivity contribution in [3.05, 3.63) is 42.6 Å². The zero-order valence-corrected chi connectivity index (χ0v) is 20.3. The molecule has 5 nitrogen and oxygen atoms in total. The molecular weight excluding hydrogens is 422 g/mol. The Morgan fingerprint density at radius 1 is 1.06 bits per heavy atom. The van der Waals surface area contributed by atoms with Crippen molar-refractivity contribution in [3.63, 3.8) is 0 Å². The molecule has 178 valence electrons. The van der Waals surface area contributed by atoms with Crippen LogP contribution < -0.4 is 9.64 Å². The number of hydrogen-bond acceptors (Lipinski definition) is 4. The minimum Gasteiger partial charge on any atom is -0.481 e. The lowest BCUT2D eigenvalue weighted by atomic mass is 9.54. The van der Waals surface area contributed by atoms with Gasteiger partial charge in [-0.3, -0.25) is 4.79 Å². The number of anilines is 1. The van der Waals surface area contributed by atoms with Crippen LogP contribution in [0.2, 0.25) is 0 Å². The standard InChI is InChI=1S/C29H35N3O2/c1-34-26-19-24(10-17-31-26)23-8-5-9-25(18-23)32(27(33)22-6-3-2-4-7-22)21-29-14-11-28(20-30,12-15-29)13-16-29/h5,8-10,17-19,22H,2-4,6-7,11-16,21H2,1H3. The molecule has 4 saturated carbocycles. The Kier molecular flexibility index (Phi) is 6.34. The van der Waals surface area contributed by atoms with E-state index >= 15 is 0 Å². The highest BCUT2D eigenvalue weighted by atomic mass is 16.5. The van der Waals surface area contributed by atoms with Gasteiger partial charge in [-0.1, -0.05) is 31.4 Å². The summed E-state index contributed by atoms with van der Waals surface area (Å²) in [6, 6.07) is 14.9. The highest BCUT2D eigenvalue weighted by molar-refractivity contribution is 5.96. The van der Waals surface area contributed by atoms with Crippen LogP contribution in [0.1, 0.15) is 70.6 Å². The first-order valence-electron chi connectivity index (χ1n) is 12.9. The summed E-state index contributed by atoms with van der Waals surface area (Å²) in [6.45, 7) is 0.771. The molecule has 0 atom stereocenters. The Labute approximate surface area is 203 Å². The molecule has 1 aromatic carbocycles. The van der Waals surface area contributed by atoms with Gasteiger partial charge < -0.3 is 9.64 Å². The first-order chi connectivity index (χ1) is 16.6. The maximum absolute atomic E-state index is 14.0. The molecule has 0 N–H and O–H groups in total. The van der Waals surface area contributed by atoms with Crippen LogP contribution in [-0.2, 0) is 4.79 Å². The average molecular weight is 458 g/mol. The van der Waals surface area contributed by atoms with Crippen LogP contribution in [0.5, 0.6) is 5.88 Å². The number of nitrogens with zero attached hydrogens (tertiary/aromatic N) is 3. The molecule has 1 aromatic heterocycles. The van der Waals surface area contributed by atoms with Crippen LogP contribution in [0.25, 0.3) is 11.1 Å². The van der Waals surface area contributed by atoms with Crippen molar-refractivity contribution >= 4 is 11.6 Å². The van der Waals surface area contributed by atoms with Crippen LogP contribution in [0.3, 0.4) is 0 Å². The van der Waals surface area contributed by atoms with Gasteiger partial charge in [-0.15, -0.1) is 0 Å². The second-order valence-electron chi connectivity index (χ2n) is 10.8. The van der Waals surface area contributed by atoms with Gasteiger partial charge in [0.25, 0.3) is 0 Å². The number of hydrogen-bond donors (Lipinski definition) is 0. The van der Waals surface area contributed by atoms with Gasteiger partial charge in [0.05, 0.1) is 18.6 Å². The highest BCUT2D eigenvalue weighted by Crippen LogP contribution is 2.57. The first kappa shape index (κ1) is 22.9. The maximum atomic E-state index is 14.0. The lowest BCUT2D eigenvalue weighted by Crippen LogP contribution is -2.50. The molecule has 2 aromatic rings. The number of carbonyl (C=O) groups is 1. The Balaban J connectivity index is 1.46. The third-order valence-corrected chi connectivity index (χ3v) is 8.79. The number of ether oxygens (including phenoxy) is 1. The summed E-state index contributed by atoms with van der Waals surface area (Å²) in [5.74, 6) is 1.00. The molecule has 2 bridgehead atoms. The van der Waals surface area contributed by atoms with Gasteiger partial charge in [-0.25, -0.2) is 4.98 Å². The molecule has 0 radical (unpaired) electrons. The first-order valence-corrected chi connectivity index (χ1v) is 12.9. The van der Waals surface area contributed by atoms with Crippen molar-refractivity contribution in [1.29, 1.82) is 5.26 Å². The summed E-state index contributed by atoms with van der Waals surface area (Å²) in [7, 11) is 1.63. The third kappa shape index (κ3) is 4.43. The highest BCUT2D eigenvalue weighted by Gasteiger charge is 2.50. The van der Waals surface area contributed by atoms with Gasteiger partial charge in [-0.05, 0) is 86.1 Å². The van der Waals surface area contributed by atoms with Crippen molar-refractivity contribution in [1.82, 2.24) is 4.98 Å². The van der Waals surface area contributed by atoms with Crippen LogP contribution in [0.15, 0.2) is 42.6 Å². The summed E-state index contributed by atoms with van der Waals surface area (Å²) >= 11 is 0. The van der Waals surface area contributed by atoms with Gasteiger partial charge in [0, 0.05) is 30.4 Å². The molecule has 0 aliphatic heterocycles. The van der Waals surface area contributed by atoms with E-state index in [0.717, 1.165) is 87.6 Å². The van der Waals surface area contributed by atoms with E-state index in [4.69, 9.17) is 4.74 Å². The quantitative estimate of drug-likeness (QED) is 0.494. The van der Waals surface area contributed by atoms with E-state index in [-0.39, 0.29) is 16.7 Å². The Hall–Kier alpha value is -2.87. The molecule has 1 heterocycles. The van der Waals surface area contributed by atoms with E-state index in [9.17, 15) is 10.1 Å². The van der Waals surface area contributed by atoms with E-state index < -0.39 is 0 Å². The summed E-state index contributed by atoms with van der Waals surface area (Å²) in [4.78, 5) is 20.3. The number of rotatable bonds is 6. The van der Waals surface area contributed by atoms with Gasteiger partial charge in [-0.2, -0.15) is 5.26 Å². The van der Waals surface area contributed by atoms with Crippen molar-refractivity contribution in [2.24, 2.45) is 16.7 Å². The number of methoxy groups -OCH3 is 1. The van der Waals surface area contributed by atoms with E-state index in [1.165, 1.54) is 6.42 Å². The number of fused-ring (bicyclic) bond motifs is 3. The van der Waals surface area contributed by atoms with E-state index in [0.29, 0.717) is 11.8 Å². The van der Waals surface area contributed by atoms with Gasteiger partial charge in [0.1, 0.15) is 0 Å². The Morgan fingerprint density at radius 2 is 1.76 bits per heavy atom. The number of aromatic nitrogens is 1. The normalized spacial score (nSPS) is 26.6. The second kappa shape index (κ2) is 9.41. The van der Waals surface area contributed by atoms with Crippen LogP contribution in [0, 0.1) is 28.1 Å². The molecule has 1 amide bonds. The van der Waals surface area contributed by atoms with Gasteiger partial charge >= 0.3 is 0 Å². The zero-order chi connectivity index (χ0) is 23.6. The number of benzene rings is 1. The monoisotopic (exact) mass is 457 g/mol. The zero-order valence-electron chi connectivity index (χ0n) is 20.3. The van der Waals surface area contributed by atoms with Crippen molar-refractivity contribution in [2.75, 3.05) is 18.6 Å². The molecule has 6 rings (SSSR count). The molecule has 0 saturated heterocycles. The van der Waals surface area contributed by atoms with Gasteiger partial charge in [0.15, 0.2) is 0 Å². The van der Waals surface area contributed by atoms with Crippen molar-refractivity contribution < 1.29 is 9.53 Å². The Bertz CT molecular complexity index is 1060. The lowest BCUT2D eigenvalue weighted by Gasteiger charge is -2.52. The summed E-state index contributed by atoms with van der Waals surface area (Å²) in [6.07, 6.45) is 13.4. The largest absolute Gasteiger partial charge is 0.481 e. The minimum atomic E-state index is -0.111. The number of carbonyl (C=O) groups excluding carboxylic acids is 1. The van der Waals surface area contributed by atoms with Crippen LogP contribution in [-0.4, -0.2) is 24.5 Å². The molecule has 5 heteroatoms. The van der Waals surface area contributed by atoms with Gasteiger partial charge in [0.2, 0.25) is 11.8 Å². The average Bonchev–Trinajstić information content (AvgIpc) is 2.93. The summed E-state index contributed by atoms with van der Waals surface area (Å²) in [5.41, 5.74) is 3.11. The second-order valence-corrected chi connectivity index (χ2v) is 10.8. The summed E-state index contributed by atoms with van der Waals surface area (Å²) in [5, 5.41) is 9.72. The predicted molar refractivity (Wildman–Crippen MR) is 133 cm³/mol. The molecular formula is C29H35N3O2. The molecule has 4 aliphatic rings. The fourth-order valence-corrected chi connectivity index (χ4v) is 6.42. The van der Waals surface area contributed by atoms with Crippen LogP contribution in [0.4, 0.5) is 5.69 Å². The number of nitriles is 1. The lowest BCUT2D eigenvalue weighted by molar-refractivity contribution is -0.124. The van der Waals surface area contributed by atoms with E-state index in [2.05, 4.69) is 40.2 Å². The smallest absolute Gasteiger partial charge is 0.230 e. The maximum Gasteiger partial charge on any atom is 0.230 e.